The highest BCUT2D eigenvalue weighted by Crippen LogP contribution is 2.39. The molecule has 2 aromatic rings. The number of nitrogens with zero attached hydrogens (tertiary/aromatic N) is 2. The van der Waals surface area contributed by atoms with Gasteiger partial charge in [0.05, 0.1) is 22.9 Å². The van der Waals surface area contributed by atoms with E-state index in [1.807, 2.05) is 13.8 Å². The lowest BCUT2D eigenvalue weighted by atomic mass is 10.0. The van der Waals surface area contributed by atoms with Gasteiger partial charge in [0.1, 0.15) is 5.82 Å². The molecule has 1 aliphatic rings. The number of amides is 4. The summed E-state index contributed by atoms with van der Waals surface area (Å²) >= 11 is 0. The Balaban J connectivity index is 1.91. The molecule has 3 rings (SSSR count). The number of anilines is 1. The molecular formula is C28H39FN7O6PS. The Morgan fingerprint density at radius 3 is 2.50 bits per heavy atom. The van der Waals surface area contributed by atoms with E-state index in [4.69, 9.17) is 5.73 Å². The third-order valence-corrected chi connectivity index (χ3v) is 9.14. The topological polar surface area (TPSA) is 187 Å². The van der Waals surface area contributed by atoms with E-state index in [9.17, 15) is 32.0 Å². The number of fused-ring (bicyclic) bond motifs is 1. The normalized spacial score (nSPS) is 15.0. The summed E-state index contributed by atoms with van der Waals surface area (Å²) < 4.78 is 43.7. The molecule has 6 N–H and O–H groups in total. The molecule has 0 fully saturated rings. The van der Waals surface area contributed by atoms with Crippen LogP contribution in [0.1, 0.15) is 53.1 Å². The highest BCUT2D eigenvalue weighted by atomic mass is 32.2. The van der Waals surface area contributed by atoms with Crippen LogP contribution in [0.2, 0.25) is 0 Å². The zero-order valence-corrected chi connectivity index (χ0v) is 27.2. The molecule has 1 aliphatic heterocycles. The van der Waals surface area contributed by atoms with Crippen molar-refractivity contribution >= 4 is 59.5 Å². The molecule has 2 heterocycles. The number of aromatic nitrogens is 1. The smallest absolute Gasteiger partial charge is 0.343 e. The Kier molecular flexibility index (Phi) is 11.9. The highest BCUT2D eigenvalue weighted by Gasteiger charge is 2.39. The van der Waals surface area contributed by atoms with Crippen molar-refractivity contribution in [2.24, 2.45) is 5.73 Å². The predicted octanol–water partition coefficient (Wildman–Crippen LogP) is 1.83. The fourth-order valence-electron chi connectivity index (χ4n) is 4.93. The van der Waals surface area contributed by atoms with Crippen LogP contribution in [0.5, 0.6) is 0 Å². The molecule has 0 spiro atoms. The number of imide groups is 1. The number of aryl methyl sites for hydroxylation is 1. The summed E-state index contributed by atoms with van der Waals surface area (Å²) in [6.45, 7) is 11.9. The maximum atomic E-state index is 14.3. The van der Waals surface area contributed by atoms with E-state index in [1.54, 1.807) is 25.2 Å². The van der Waals surface area contributed by atoms with Gasteiger partial charge in [-0.3, -0.25) is 14.4 Å². The molecule has 0 aliphatic carbocycles. The number of hydrogen-bond donors (Lipinski definition) is 5. The molecule has 1 aromatic heterocycles. The summed E-state index contributed by atoms with van der Waals surface area (Å²) in [6, 6.07) is 0.796. The molecule has 1 unspecified atom stereocenters. The van der Waals surface area contributed by atoms with Crippen molar-refractivity contribution in [2.75, 3.05) is 44.3 Å². The first-order valence-electron chi connectivity index (χ1n) is 14.1. The van der Waals surface area contributed by atoms with Crippen molar-refractivity contribution < 1.29 is 32.0 Å². The van der Waals surface area contributed by atoms with Gasteiger partial charge in [0.2, 0.25) is 0 Å². The van der Waals surface area contributed by atoms with Gasteiger partial charge in [-0.25, -0.2) is 18.8 Å². The number of nitrogens with one attached hydrogen (secondary N) is 4. The lowest BCUT2D eigenvalue weighted by Gasteiger charge is -2.19. The zero-order chi connectivity index (χ0) is 32.8. The third-order valence-electron chi connectivity index (χ3n) is 7.26. The van der Waals surface area contributed by atoms with Crippen LogP contribution in [0, 0.1) is 19.7 Å². The van der Waals surface area contributed by atoms with Crippen LogP contribution in [0.3, 0.4) is 0 Å². The minimum absolute atomic E-state index is 0.0112. The van der Waals surface area contributed by atoms with Crippen LogP contribution in [0.4, 0.5) is 14.9 Å². The Labute approximate surface area is 258 Å². The molecule has 0 saturated heterocycles. The van der Waals surface area contributed by atoms with Crippen LogP contribution in [0.25, 0.3) is 11.6 Å². The first-order valence-corrected chi connectivity index (χ1v) is 17.1. The summed E-state index contributed by atoms with van der Waals surface area (Å²) in [5.74, 6) is -1.90. The Morgan fingerprint density at radius 2 is 1.89 bits per heavy atom. The van der Waals surface area contributed by atoms with Crippen molar-refractivity contribution in [1.29, 1.82) is 0 Å². The minimum atomic E-state index is -4.60. The molecular weight excluding hydrogens is 612 g/mol. The fourth-order valence-corrected chi connectivity index (χ4v) is 6.58. The number of hydrogen-bond acceptors (Lipinski definition) is 8. The van der Waals surface area contributed by atoms with E-state index in [0.717, 1.165) is 25.2 Å². The number of halogens is 1. The van der Waals surface area contributed by atoms with Crippen molar-refractivity contribution in [3.8, 4) is 0 Å². The second-order valence-electron chi connectivity index (χ2n) is 10.1. The largest absolute Gasteiger partial charge is 0.358 e. The average molecular weight is 652 g/mol. The van der Waals surface area contributed by atoms with Gasteiger partial charge in [0, 0.05) is 30.0 Å². The predicted molar refractivity (Wildman–Crippen MR) is 169 cm³/mol. The number of carbonyl (C=O) groups is 4. The monoisotopic (exact) mass is 651 g/mol. The molecule has 0 radical (unpaired) electrons. The Morgan fingerprint density at radius 1 is 1.20 bits per heavy atom. The van der Waals surface area contributed by atoms with Crippen molar-refractivity contribution in [3.05, 3.63) is 52.1 Å². The highest BCUT2D eigenvalue weighted by molar-refractivity contribution is 7.88. The summed E-state index contributed by atoms with van der Waals surface area (Å²) in [7, 11) is -4.82. The van der Waals surface area contributed by atoms with E-state index >= 15 is 0 Å². The van der Waals surface area contributed by atoms with E-state index in [-0.39, 0.29) is 44.3 Å². The first-order chi connectivity index (χ1) is 20.8. The molecule has 1 aromatic carbocycles. The van der Waals surface area contributed by atoms with Crippen LogP contribution < -0.4 is 25.4 Å². The summed E-state index contributed by atoms with van der Waals surface area (Å²) in [6.07, 6.45) is 1.41. The molecule has 13 nitrogen and oxygen atoms in total. The maximum Gasteiger partial charge on any atom is 0.343 e. The Hall–Kier alpha value is -3.49. The number of carbonyl (C=O) groups excluding carboxylic acids is 4. The number of rotatable bonds is 14. The summed E-state index contributed by atoms with van der Waals surface area (Å²) in [4.78, 5) is 57.8. The molecule has 2 atom stereocenters. The Bertz CT molecular complexity index is 1570. The van der Waals surface area contributed by atoms with Gasteiger partial charge >= 0.3 is 16.2 Å². The van der Waals surface area contributed by atoms with E-state index < -0.39 is 39.5 Å². The molecule has 44 heavy (non-hydrogen) atoms. The van der Waals surface area contributed by atoms with Gasteiger partial charge in [0.25, 0.3) is 11.8 Å². The number of benzene rings is 1. The lowest BCUT2D eigenvalue weighted by molar-refractivity contribution is -0.113. The van der Waals surface area contributed by atoms with Gasteiger partial charge in [-0.2, -0.15) is 13.1 Å². The van der Waals surface area contributed by atoms with Crippen molar-refractivity contribution in [1.82, 2.24) is 24.6 Å². The second kappa shape index (κ2) is 15.0. The summed E-state index contributed by atoms with van der Waals surface area (Å²) in [5.41, 5.74) is 6.86. The van der Waals surface area contributed by atoms with Crippen LogP contribution in [0.15, 0.2) is 18.2 Å². The SMILES string of the molecule is CCN(CC)CCNC(=O)c1c(C)[nH]c(/C=C2\C(=O)N(C(=O)NS(=O)(=O)N[C@@H](CCN)C(=O)PC)c3ccc(F)cc32)c1C. The van der Waals surface area contributed by atoms with Crippen LogP contribution >= 0.6 is 8.58 Å². The number of H-pyrrole nitrogens is 1. The quantitative estimate of drug-likeness (QED) is 0.151. The molecule has 16 heteroatoms. The number of aromatic amines is 1. The molecule has 4 amide bonds. The average Bonchev–Trinajstić information content (AvgIpc) is 3.40. The number of nitrogens with two attached hydrogens (primary N) is 1. The van der Waals surface area contributed by atoms with E-state index in [0.29, 0.717) is 40.5 Å². The van der Waals surface area contributed by atoms with Crippen molar-refractivity contribution in [2.45, 2.75) is 40.2 Å². The lowest BCUT2D eigenvalue weighted by Crippen LogP contribution is -2.52. The number of urea groups is 1. The standard InChI is InChI=1S/C28H39FN7O6PS/c1-6-35(7-2)13-12-31-25(37)24-16(3)22(32-17(24)4)15-20-19-14-18(29)8-9-23(19)36(26(20)38)28(40)34-44(41,42)33-21(10-11-30)27(39)43-5/h8-9,14-15,21,32-33,43H,6-7,10-13,30H2,1-5H3,(H,31,37)(H,34,40)/b20-15-/t21-/m0/s1. The molecule has 240 valence electrons. The third kappa shape index (κ3) is 7.96. The molecule has 0 bridgehead atoms. The zero-order valence-electron chi connectivity index (χ0n) is 25.3. The number of likely N-dealkylation sites (N-methyl/N-ethyl adjacent to an activating group) is 1. The second-order valence-corrected chi connectivity index (χ2v) is 12.5. The fraction of sp³-hybridized carbons (Fsp3) is 0.429. The minimum Gasteiger partial charge on any atom is -0.358 e. The van der Waals surface area contributed by atoms with Gasteiger partial charge in [0.15, 0.2) is 5.52 Å². The van der Waals surface area contributed by atoms with Gasteiger partial charge in [-0.15, -0.1) is 0 Å². The van der Waals surface area contributed by atoms with Crippen LogP contribution in [-0.2, 0) is 19.8 Å². The first kappa shape index (κ1) is 35.0. The molecule has 0 saturated carbocycles. The van der Waals surface area contributed by atoms with Gasteiger partial charge < -0.3 is 20.9 Å². The van der Waals surface area contributed by atoms with Gasteiger partial charge in [-0.05, 0) is 76.4 Å². The van der Waals surface area contributed by atoms with E-state index in [2.05, 4.69) is 19.9 Å². The van der Waals surface area contributed by atoms with Crippen molar-refractivity contribution in [3.63, 3.8) is 0 Å². The van der Waals surface area contributed by atoms with Crippen LogP contribution in [-0.4, -0.2) is 87.1 Å². The summed E-state index contributed by atoms with van der Waals surface area (Å²) in [5, 5.41) is 2.90. The maximum absolute atomic E-state index is 14.3. The van der Waals surface area contributed by atoms with E-state index in [1.165, 1.54) is 12.1 Å². The van der Waals surface area contributed by atoms with Gasteiger partial charge in [-0.1, -0.05) is 22.4 Å².